The Morgan fingerprint density at radius 3 is 1.36 bits per heavy atom. The van der Waals surface area contributed by atoms with Gasteiger partial charge in [-0.3, -0.25) is 0 Å². The molecule has 0 N–H and O–H groups in total. The Kier molecular flexibility index (Phi) is 5.62. The van der Waals surface area contributed by atoms with Gasteiger partial charge in [-0.05, 0) is 0 Å². The fraction of sp³-hybridized carbons (Fsp3) is 0.130. The van der Waals surface area contributed by atoms with Crippen molar-refractivity contribution in [3.05, 3.63) is 91.0 Å². The number of carbonyl (C=O) groups is 2. The van der Waals surface area contributed by atoms with Gasteiger partial charge in [0.05, 0.1) is 0 Å². The zero-order valence-electron chi connectivity index (χ0n) is 15.9. The molecule has 0 radical (unpaired) electrons. The van der Waals surface area contributed by atoms with Crippen molar-refractivity contribution in [2.75, 3.05) is 13.3 Å². The summed E-state index contributed by atoms with van der Waals surface area (Å²) >= 11 is 0. The fourth-order valence-electron chi connectivity index (χ4n) is 3.74. The Labute approximate surface area is 165 Å². The van der Waals surface area contributed by atoms with Crippen molar-refractivity contribution < 1.29 is 18.8 Å². The van der Waals surface area contributed by atoms with Gasteiger partial charge in [0, 0.05) is 0 Å². The molecular formula is C23H23O4P. The van der Waals surface area contributed by atoms with Crippen molar-refractivity contribution in [1.29, 1.82) is 0 Å². The summed E-state index contributed by atoms with van der Waals surface area (Å²) in [5, 5.41) is 2.39. The van der Waals surface area contributed by atoms with E-state index in [0.29, 0.717) is 0 Å². The minimum atomic E-state index is -3.96. The predicted molar refractivity (Wildman–Crippen MR) is 114 cm³/mol. The van der Waals surface area contributed by atoms with E-state index in [4.69, 9.17) is 9.26 Å². The first kappa shape index (κ1) is 19.8. The Bertz CT molecular complexity index is 856. The van der Waals surface area contributed by atoms with Gasteiger partial charge in [-0.25, -0.2) is 0 Å². The molecule has 0 aliphatic rings. The Balaban J connectivity index is 2.54. The van der Waals surface area contributed by atoms with E-state index in [2.05, 4.69) is 0 Å². The van der Waals surface area contributed by atoms with Crippen molar-refractivity contribution in [3.63, 3.8) is 0 Å². The second kappa shape index (κ2) is 7.95. The topological polar surface area (TPSA) is 52.6 Å². The predicted octanol–water partition coefficient (Wildman–Crippen LogP) is 3.17. The van der Waals surface area contributed by atoms with Crippen LogP contribution in [-0.4, -0.2) is 25.2 Å². The maximum absolute atomic E-state index is 12.8. The number of hydrogen-bond donors (Lipinski definition) is 0. The Morgan fingerprint density at radius 1 is 0.714 bits per heavy atom. The van der Waals surface area contributed by atoms with Crippen molar-refractivity contribution >= 4 is 34.7 Å². The van der Waals surface area contributed by atoms with Crippen LogP contribution >= 0.6 is 6.83 Å². The van der Waals surface area contributed by atoms with Crippen LogP contribution < -0.4 is 15.9 Å². The van der Waals surface area contributed by atoms with Gasteiger partial charge in [0.2, 0.25) is 0 Å². The molecule has 0 aliphatic carbocycles. The fourth-order valence-corrected chi connectivity index (χ4v) is 9.16. The molecule has 0 saturated heterocycles. The third-order valence-electron chi connectivity index (χ3n) is 4.90. The van der Waals surface area contributed by atoms with E-state index in [1.54, 1.807) is 0 Å². The van der Waals surface area contributed by atoms with Crippen LogP contribution in [0.1, 0.15) is 6.92 Å². The number of methoxy groups -OCH3 is 1. The van der Waals surface area contributed by atoms with E-state index in [9.17, 15) is 9.59 Å². The summed E-state index contributed by atoms with van der Waals surface area (Å²) in [7, 11) is 1.35. The molecule has 0 spiro atoms. The molecule has 4 nitrogen and oxygen atoms in total. The maximum atomic E-state index is 12.8. The molecule has 28 heavy (non-hydrogen) atoms. The molecule has 0 heterocycles. The van der Waals surface area contributed by atoms with Crippen LogP contribution in [0.3, 0.4) is 0 Å². The summed E-state index contributed by atoms with van der Waals surface area (Å²) in [4.78, 5) is 25.3. The third-order valence-corrected chi connectivity index (χ3v) is 10.6. The molecule has 3 aromatic carbocycles. The van der Waals surface area contributed by atoms with E-state index in [-0.39, 0.29) is 6.16 Å². The molecule has 0 atom stereocenters. The van der Waals surface area contributed by atoms with Crippen LogP contribution in [0.2, 0.25) is 0 Å². The van der Waals surface area contributed by atoms with Crippen LogP contribution in [0.25, 0.3) is 0 Å². The molecule has 0 aromatic heterocycles. The molecule has 0 aliphatic heterocycles. The molecule has 0 saturated carbocycles. The number of benzene rings is 3. The SMILES string of the molecule is COC(=O)CP(OC(C)=O)(c1ccccc1)(c1ccccc1)c1ccccc1. The van der Waals surface area contributed by atoms with Crippen molar-refractivity contribution in [3.8, 4) is 0 Å². The molecule has 0 unspecified atom stereocenters. The van der Waals surface area contributed by atoms with Crippen LogP contribution in [0, 0.1) is 0 Å². The van der Waals surface area contributed by atoms with Gasteiger partial charge < -0.3 is 0 Å². The van der Waals surface area contributed by atoms with Gasteiger partial charge in [-0.1, -0.05) is 0 Å². The molecule has 0 bridgehead atoms. The Hall–Kier alpha value is -2.97. The number of hydrogen-bond acceptors (Lipinski definition) is 4. The summed E-state index contributed by atoms with van der Waals surface area (Å²) in [5.41, 5.74) is 0. The summed E-state index contributed by atoms with van der Waals surface area (Å²) in [6.07, 6.45) is -0.0697. The van der Waals surface area contributed by atoms with Gasteiger partial charge in [-0.15, -0.1) is 0 Å². The van der Waals surface area contributed by atoms with Gasteiger partial charge >= 0.3 is 165 Å². The van der Waals surface area contributed by atoms with Gasteiger partial charge in [0.15, 0.2) is 0 Å². The van der Waals surface area contributed by atoms with Gasteiger partial charge in [0.1, 0.15) is 0 Å². The zero-order valence-corrected chi connectivity index (χ0v) is 16.8. The van der Waals surface area contributed by atoms with Crippen molar-refractivity contribution in [2.45, 2.75) is 6.92 Å². The molecule has 3 aromatic rings. The molecule has 0 fully saturated rings. The first-order valence-corrected chi connectivity index (χ1v) is 11.3. The summed E-state index contributed by atoms with van der Waals surface area (Å²) in [5.74, 6) is -0.881. The summed E-state index contributed by atoms with van der Waals surface area (Å²) in [6, 6.07) is 28.6. The van der Waals surface area contributed by atoms with Gasteiger partial charge in [-0.2, -0.15) is 0 Å². The standard InChI is InChI=1S/C23H23O4P/c1-19(24)27-28(18-23(25)26-2,20-12-6-3-7-13-20,21-14-8-4-9-15-21)22-16-10-5-11-17-22/h3-17H,18H2,1-2H3. The second-order valence-corrected chi connectivity index (χ2v) is 11.0. The number of rotatable bonds is 6. The van der Waals surface area contributed by atoms with Crippen molar-refractivity contribution in [2.24, 2.45) is 0 Å². The number of esters is 1. The number of carbonyl (C=O) groups excluding carboxylic acids is 2. The minimum absolute atomic E-state index is 0.0697. The third kappa shape index (κ3) is 3.21. The molecule has 5 heteroatoms. The Morgan fingerprint density at radius 2 is 1.07 bits per heavy atom. The van der Waals surface area contributed by atoms with Crippen molar-refractivity contribution in [1.82, 2.24) is 0 Å². The second-order valence-electron chi connectivity index (χ2n) is 6.54. The number of ether oxygens (including phenoxy) is 1. The summed E-state index contributed by atoms with van der Waals surface area (Å²) < 4.78 is 11.4. The summed E-state index contributed by atoms with van der Waals surface area (Å²) in [6.45, 7) is -2.58. The van der Waals surface area contributed by atoms with E-state index >= 15 is 0 Å². The molecular weight excluding hydrogens is 371 g/mol. The molecule has 3 rings (SSSR count). The van der Waals surface area contributed by atoms with Gasteiger partial charge in [0.25, 0.3) is 0 Å². The van der Waals surface area contributed by atoms with Crippen LogP contribution in [0.4, 0.5) is 0 Å². The zero-order chi connectivity index (χ0) is 20.1. The van der Waals surface area contributed by atoms with E-state index in [0.717, 1.165) is 15.9 Å². The van der Waals surface area contributed by atoms with Crippen LogP contribution in [-0.2, 0) is 18.8 Å². The average Bonchev–Trinajstić information content (AvgIpc) is 2.75. The first-order valence-electron chi connectivity index (χ1n) is 8.98. The molecule has 144 valence electrons. The first-order chi connectivity index (χ1) is 13.5. The van der Waals surface area contributed by atoms with E-state index in [1.165, 1.54) is 14.0 Å². The average molecular weight is 394 g/mol. The quantitative estimate of drug-likeness (QED) is 0.476. The van der Waals surface area contributed by atoms with E-state index in [1.807, 2.05) is 91.0 Å². The van der Waals surface area contributed by atoms with Crippen LogP contribution in [0.15, 0.2) is 91.0 Å². The van der Waals surface area contributed by atoms with Crippen LogP contribution in [0.5, 0.6) is 0 Å². The normalized spacial score (nSPS) is 12.4. The molecule has 0 amide bonds. The van der Waals surface area contributed by atoms with E-state index < -0.39 is 18.8 Å². The monoisotopic (exact) mass is 394 g/mol.